The van der Waals surface area contributed by atoms with Gasteiger partial charge in [-0.1, -0.05) is 17.8 Å². The van der Waals surface area contributed by atoms with Gasteiger partial charge in [0.1, 0.15) is 0 Å². The van der Waals surface area contributed by atoms with Gasteiger partial charge >= 0.3 is 0 Å². The van der Waals surface area contributed by atoms with Crippen molar-refractivity contribution in [1.29, 1.82) is 0 Å². The molecule has 0 aliphatic rings. The number of nitro groups is 1. The maximum atomic E-state index is 12.3. The molecule has 3 aromatic rings. The average molecular weight is 343 g/mol. The summed E-state index contributed by atoms with van der Waals surface area (Å²) in [7, 11) is 0. The zero-order valence-corrected chi connectivity index (χ0v) is 13.4. The van der Waals surface area contributed by atoms with Crippen molar-refractivity contribution in [2.75, 3.05) is 5.32 Å². The normalized spacial score (nSPS) is 12.0. The van der Waals surface area contributed by atoms with E-state index in [0.717, 1.165) is 0 Å². The van der Waals surface area contributed by atoms with E-state index in [1.165, 1.54) is 36.0 Å². The molecule has 0 aliphatic carbocycles. The molecule has 1 N–H and O–H groups in total. The van der Waals surface area contributed by atoms with Crippen LogP contribution in [0.4, 0.5) is 11.4 Å². The van der Waals surface area contributed by atoms with E-state index >= 15 is 0 Å². The Morgan fingerprint density at radius 2 is 2.00 bits per heavy atom. The van der Waals surface area contributed by atoms with Crippen molar-refractivity contribution in [3.63, 3.8) is 0 Å². The summed E-state index contributed by atoms with van der Waals surface area (Å²) < 4.78 is 1.81. The predicted molar refractivity (Wildman–Crippen MR) is 90.0 cm³/mol. The van der Waals surface area contributed by atoms with Gasteiger partial charge in [-0.3, -0.25) is 19.3 Å². The number of hydrogen-bond acceptors (Lipinski definition) is 6. The Balaban J connectivity index is 1.67. The Labute approximate surface area is 141 Å². The molecule has 1 atom stereocenters. The number of non-ortho nitro benzene ring substituents is 1. The number of aromatic nitrogens is 3. The number of fused-ring (bicyclic) bond motifs is 1. The average Bonchev–Trinajstić information content (AvgIpc) is 2.98. The molecule has 0 aliphatic heterocycles. The number of rotatable bonds is 5. The molecule has 8 nitrogen and oxygen atoms in total. The van der Waals surface area contributed by atoms with Gasteiger partial charge in [-0.2, -0.15) is 0 Å². The first-order valence-electron chi connectivity index (χ1n) is 7.06. The van der Waals surface area contributed by atoms with Gasteiger partial charge in [-0.25, -0.2) is 0 Å². The fourth-order valence-electron chi connectivity index (χ4n) is 2.02. The van der Waals surface area contributed by atoms with Crippen LogP contribution in [0.1, 0.15) is 6.92 Å². The van der Waals surface area contributed by atoms with Gasteiger partial charge in [0.25, 0.3) is 5.69 Å². The number of nitrogens with zero attached hydrogens (tertiary/aromatic N) is 4. The molecule has 2 heterocycles. The Kier molecular flexibility index (Phi) is 4.43. The van der Waals surface area contributed by atoms with Crippen LogP contribution in [0.3, 0.4) is 0 Å². The van der Waals surface area contributed by atoms with E-state index in [9.17, 15) is 14.9 Å². The van der Waals surface area contributed by atoms with Gasteiger partial charge in [-0.05, 0) is 31.2 Å². The number of carbonyl (C=O) groups excluding carboxylic acids is 1. The molecule has 122 valence electrons. The fourth-order valence-corrected chi connectivity index (χ4v) is 2.86. The number of pyridine rings is 1. The summed E-state index contributed by atoms with van der Waals surface area (Å²) in [6, 6.07) is 11.3. The second-order valence-electron chi connectivity index (χ2n) is 4.96. The molecular formula is C15H13N5O3S. The monoisotopic (exact) mass is 343 g/mol. The third-order valence-electron chi connectivity index (χ3n) is 3.28. The minimum absolute atomic E-state index is 0.0228. The summed E-state index contributed by atoms with van der Waals surface area (Å²) in [5.41, 5.74) is 1.19. The molecule has 0 bridgehead atoms. The van der Waals surface area contributed by atoms with Gasteiger partial charge in [0.05, 0.1) is 10.2 Å². The van der Waals surface area contributed by atoms with Gasteiger partial charge in [0.15, 0.2) is 10.8 Å². The van der Waals surface area contributed by atoms with Crippen LogP contribution in [0.5, 0.6) is 0 Å². The lowest BCUT2D eigenvalue weighted by Crippen LogP contribution is -2.22. The largest absolute Gasteiger partial charge is 0.325 e. The third-order valence-corrected chi connectivity index (χ3v) is 4.34. The zero-order chi connectivity index (χ0) is 17.1. The highest BCUT2D eigenvalue weighted by molar-refractivity contribution is 8.00. The van der Waals surface area contributed by atoms with Crippen LogP contribution in [0.15, 0.2) is 53.8 Å². The van der Waals surface area contributed by atoms with Crippen molar-refractivity contribution < 1.29 is 9.72 Å². The van der Waals surface area contributed by atoms with E-state index in [-0.39, 0.29) is 11.6 Å². The Morgan fingerprint density at radius 1 is 1.25 bits per heavy atom. The van der Waals surface area contributed by atoms with Crippen molar-refractivity contribution in [3.8, 4) is 0 Å². The summed E-state index contributed by atoms with van der Waals surface area (Å²) in [6.07, 6.45) is 1.83. The maximum absolute atomic E-state index is 12.3. The minimum Gasteiger partial charge on any atom is -0.325 e. The van der Waals surface area contributed by atoms with Gasteiger partial charge < -0.3 is 5.32 Å². The van der Waals surface area contributed by atoms with Crippen molar-refractivity contribution in [2.24, 2.45) is 0 Å². The SMILES string of the molecule is C[C@H](Sc1nnc2ccccn12)C(=O)Nc1ccc([N+](=O)[O-])cc1. The summed E-state index contributed by atoms with van der Waals surface area (Å²) in [5.74, 6) is -0.221. The van der Waals surface area contributed by atoms with Crippen LogP contribution < -0.4 is 5.32 Å². The fraction of sp³-hybridized carbons (Fsp3) is 0.133. The molecule has 0 radical (unpaired) electrons. The highest BCUT2D eigenvalue weighted by atomic mass is 32.2. The first-order chi connectivity index (χ1) is 11.5. The predicted octanol–water partition coefficient (Wildman–Crippen LogP) is 2.76. The summed E-state index contributed by atoms with van der Waals surface area (Å²) >= 11 is 1.28. The third kappa shape index (κ3) is 3.35. The molecular weight excluding hydrogens is 330 g/mol. The number of amides is 1. The van der Waals surface area contributed by atoms with Crippen molar-refractivity contribution in [3.05, 3.63) is 58.8 Å². The molecule has 0 fully saturated rings. The Hall–Kier alpha value is -2.94. The molecule has 0 spiro atoms. The molecule has 1 aromatic carbocycles. The van der Waals surface area contributed by atoms with Gasteiger partial charge in [0, 0.05) is 24.0 Å². The highest BCUT2D eigenvalue weighted by Crippen LogP contribution is 2.23. The number of anilines is 1. The number of nitrogens with one attached hydrogen (secondary N) is 1. The number of hydrogen-bond donors (Lipinski definition) is 1. The van der Waals surface area contributed by atoms with Crippen LogP contribution in [-0.2, 0) is 4.79 Å². The molecule has 2 aromatic heterocycles. The molecule has 1 amide bonds. The van der Waals surface area contributed by atoms with E-state index in [0.29, 0.717) is 16.5 Å². The maximum Gasteiger partial charge on any atom is 0.269 e. The second-order valence-corrected chi connectivity index (χ2v) is 6.27. The van der Waals surface area contributed by atoms with Crippen LogP contribution in [0.2, 0.25) is 0 Å². The van der Waals surface area contributed by atoms with Crippen molar-refractivity contribution in [1.82, 2.24) is 14.6 Å². The molecule has 24 heavy (non-hydrogen) atoms. The molecule has 0 unspecified atom stereocenters. The molecule has 0 saturated heterocycles. The smallest absolute Gasteiger partial charge is 0.269 e. The molecule has 3 rings (SSSR count). The summed E-state index contributed by atoms with van der Waals surface area (Å²) in [4.78, 5) is 22.4. The highest BCUT2D eigenvalue weighted by Gasteiger charge is 2.18. The number of thioether (sulfide) groups is 1. The van der Waals surface area contributed by atoms with Gasteiger partial charge in [0.2, 0.25) is 5.91 Å². The summed E-state index contributed by atoms with van der Waals surface area (Å²) in [6.45, 7) is 1.76. The quantitative estimate of drug-likeness (QED) is 0.434. The standard InChI is InChI=1S/C15H13N5O3S/c1-10(24-15-18-17-13-4-2-3-9-19(13)15)14(21)16-11-5-7-12(8-6-11)20(22)23/h2-10H,1H3,(H,16,21)/t10-/m0/s1. The lowest BCUT2D eigenvalue weighted by Gasteiger charge is -2.10. The lowest BCUT2D eigenvalue weighted by atomic mass is 10.3. The van der Waals surface area contributed by atoms with E-state index in [4.69, 9.17) is 0 Å². The minimum atomic E-state index is -0.486. The number of nitro benzene ring substituents is 1. The number of carbonyl (C=O) groups is 1. The Bertz CT molecular complexity index is 894. The van der Waals surface area contributed by atoms with E-state index in [1.54, 1.807) is 11.3 Å². The Morgan fingerprint density at radius 3 is 2.71 bits per heavy atom. The van der Waals surface area contributed by atoms with E-state index in [1.807, 2.05) is 24.4 Å². The zero-order valence-electron chi connectivity index (χ0n) is 12.6. The van der Waals surface area contributed by atoms with E-state index in [2.05, 4.69) is 15.5 Å². The molecule has 9 heteroatoms. The van der Waals surface area contributed by atoms with Gasteiger partial charge in [-0.15, -0.1) is 10.2 Å². The molecule has 0 saturated carbocycles. The summed E-state index contributed by atoms with van der Waals surface area (Å²) in [5, 5.41) is 21.7. The topological polar surface area (TPSA) is 102 Å². The van der Waals surface area contributed by atoms with E-state index < -0.39 is 10.2 Å². The van der Waals surface area contributed by atoms with Crippen molar-refractivity contribution in [2.45, 2.75) is 17.3 Å². The van der Waals surface area contributed by atoms with Crippen molar-refractivity contribution >= 4 is 34.7 Å². The van der Waals surface area contributed by atoms with Crippen LogP contribution in [0.25, 0.3) is 5.65 Å². The number of benzene rings is 1. The second kappa shape index (κ2) is 6.67. The lowest BCUT2D eigenvalue weighted by molar-refractivity contribution is -0.384. The first kappa shape index (κ1) is 15.9. The van der Waals surface area contributed by atoms with Crippen LogP contribution in [0, 0.1) is 10.1 Å². The first-order valence-corrected chi connectivity index (χ1v) is 7.94. The van der Waals surface area contributed by atoms with Crippen LogP contribution >= 0.6 is 11.8 Å². The van der Waals surface area contributed by atoms with Crippen LogP contribution in [-0.4, -0.2) is 30.7 Å².